The molecule has 2 rings (SSSR count). The molecule has 3 heteroatoms. The van der Waals surface area contributed by atoms with E-state index in [1.807, 2.05) is 13.0 Å². The Balaban J connectivity index is 2.06. The Bertz CT molecular complexity index is 376. The maximum atomic E-state index is 10.3. The van der Waals surface area contributed by atoms with Gasteiger partial charge in [0.25, 0.3) is 0 Å². The summed E-state index contributed by atoms with van der Waals surface area (Å²) in [6.07, 6.45) is 0.446. The van der Waals surface area contributed by atoms with E-state index in [9.17, 15) is 5.11 Å². The van der Waals surface area contributed by atoms with Gasteiger partial charge < -0.3 is 14.6 Å². The van der Waals surface area contributed by atoms with Crippen molar-refractivity contribution in [3.63, 3.8) is 0 Å². The number of fused-ring (bicyclic) bond motifs is 1. The summed E-state index contributed by atoms with van der Waals surface area (Å²) in [5.74, 6) is 0.204. The van der Waals surface area contributed by atoms with Gasteiger partial charge in [-0.05, 0) is 29.0 Å². The zero-order valence-electron chi connectivity index (χ0n) is 10.5. The van der Waals surface area contributed by atoms with Crippen molar-refractivity contribution in [2.24, 2.45) is 5.92 Å². The second-order valence-corrected chi connectivity index (χ2v) is 4.72. The van der Waals surface area contributed by atoms with Gasteiger partial charge in [0.2, 0.25) is 0 Å². The van der Waals surface area contributed by atoms with Crippen LogP contribution in [0.5, 0.6) is 0 Å². The van der Waals surface area contributed by atoms with Crippen LogP contribution in [-0.4, -0.2) is 18.8 Å². The highest BCUT2D eigenvalue weighted by Crippen LogP contribution is 2.28. The monoisotopic (exact) mass is 236 g/mol. The summed E-state index contributed by atoms with van der Waals surface area (Å²) in [4.78, 5) is 0. The topological polar surface area (TPSA) is 38.7 Å². The Morgan fingerprint density at radius 1 is 1.35 bits per heavy atom. The molecule has 94 valence electrons. The molecule has 17 heavy (non-hydrogen) atoms. The fourth-order valence-corrected chi connectivity index (χ4v) is 2.17. The molecule has 1 aromatic rings. The molecule has 1 N–H and O–H groups in total. The van der Waals surface area contributed by atoms with Gasteiger partial charge in [0.15, 0.2) is 0 Å². The molecule has 0 aromatic heterocycles. The molecule has 2 atom stereocenters. The second kappa shape index (κ2) is 5.63. The Kier molecular flexibility index (Phi) is 4.15. The van der Waals surface area contributed by atoms with Crippen LogP contribution in [-0.2, 0) is 22.7 Å². The average Bonchev–Trinajstić information content (AvgIpc) is 2.81. The molecule has 0 amide bonds. The first kappa shape index (κ1) is 12.6. The fourth-order valence-electron chi connectivity index (χ4n) is 2.17. The van der Waals surface area contributed by atoms with Gasteiger partial charge in [0.05, 0.1) is 19.3 Å². The zero-order chi connectivity index (χ0) is 12.3. The quantitative estimate of drug-likeness (QED) is 0.853. The van der Waals surface area contributed by atoms with Gasteiger partial charge in [-0.15, -0.1) is 0 Å². The van der Waals surface area contributed by atoms with Gasteiger partial charge in [0, 0.05) is 13.7 Å². The smallest absolute Gasteiger partial charge is 0.0816 e. The molecule has 0 fully saturated rings. The van der Waals surface area contributed by atoms with E-state index in [2.05, 4.69) is 12.1 Å². The second-order valence-electron chi connectivity index (χ2n) is 4.72. The summed E-state index contributed by atoms with van der Waals surface area (Å²) in [6.45, 7) is 4.10. The molecule has 0 saturated carbocycles. The van der Waals surface area contributed by atoms with Crippen molar-refractivity contribution >= 4 is 0 Å². The van der Waals surface area contributed by atoms with E-state index in [1.54, 1.807) is 7.11 Å². The lowest BCUT2D eigenvalue weighted by atomic mass is 9.93. The SMILES string of the molecule is COCCC(C)C(O)c1ccc2c(c1)COC2. The Morgan fingerprint density at radius 2 is 2.12 bits per heavy atom. The van der Waals surface area contributed by atoms with Gasteiger partial charge in [-0.1, -0.05) is 25.1 Å². The van der Waals surface area contributed by atoms with Crippen LogP contribution >= 0.6 is 0 Å². The predicted octanol–water partition coefficient (Wildman–Crippen LogP) is 2.42. The molecule has 1 heterocycles. The van der Waals surface area contributed by atoms with Crippen molar-refractivity contribution in [2.45, 2.75) is 32.7 Å². The van der Waals surface area contributed by atoms with Gasteiger partial charge in [-0.25, -0.2) is 0 Å². The summed E-state index contributed by atoms with van der Waals surface area (Å²) in [5.41, 5.74) is 3.43. The molecular formula is C14H20O3. The molecule has 0 saturated heterocycles. The molecule has 1 aliphatic heterocycles. The molecule has 0 aliphatic carbocycles. The first-order valence-electron chi connectivity index (χ1n) is 6.09. The van der Waals surface area contributed by atoms with Gasteiger partial charge in [-0.2, -0.15) is 0 Å². The molecule has 3 nitrogen and oxygen atoms in total. The van der Waals surface area contributed by atoms with Crippen molar-refractivity contribution in [1.82, 2.24) is 0 Å². The highest BCUT2D eigenvalue weighted by Gasteiger charge is 2.19. The summed E-state index contributed by atoms with van der Waals surface area (Å²) >= 11 is 0. The van der Waals surface area contributed by atoms with E-state index >= 15 is 0 Å². The third-order valence-electron chi connectivity index (χ3n) is 3.40. The van der Waals surface area contributed by atoms with Crippen LogP contribution in [0.25, 0.3) is 0 Å². The van der Waals surface area contributed by atoms with Crippen molar-refractivity contribution in [3.05, 3.63) is 34.9 Å². The van der Waals surface area contributed by atoms with Crippen LogP contribution in [0.3, 0.4) is 0 Å². The number of rotatable bonds is 5. The van der Waals surface area contributed by atoms with Crippen LogP contribution in [0.2, 0.25) is 0 Å². The molecule has 0 spiro atoms. The summed E-state index contributed by atoms with van der Waals surface area (Å²) in [6, 6.07) is 6.13. The van der Waals surface area contributed by atoms with Gasteiger partial charge >= 0.3 is 0 Å². The maximum absolute atomic E-state index is 10.3. The first-order valence-corrected chi connectivity index (χ1v) is 6.09. The third kappa shape index (κ3) is 2.86. The van der Waals surface area contributed by atoms with Crippen molar-refractivity contribution in [2.75, 3.05) is 13.7 Å². The lowest BCUT2D eigenvalue weighted by molar-refractivity contribution is 0.0885. The molecule has 1 aromatic carbocycles. The number of benzene rings is 1. The van der Waals surface area contributed by atoms with E-state index in [0.29, 0.717) is 19.8 Å². The van der Waals surface area contributed by atoms with E-state index in [0.717, 1.165) is 12.0 Å². The van der Waals surface area contributed by atoms with Crippen molar-refractivity contribution < 1.29 is 14.6 Å². The van der Waals surface area contributed by atoms with Crippen LogP contribution in [0.1, 0.15) is 36.1 Å². The number of hydrogen-bond acceptors (Lipinski definition) is 3. The fraction of sp³-hybridized carbons (Fsp3) is 0.571. The van der Waals surface area contributed by atoms with Crippen LogP contribution < -0.4 is 0 Å². The molecule has 1 aliphatic rings. The highest BCUT2D eigenvalue weighted by atomic mass is 16.5. The largest absolute Gasteiger partial charge is 0.388 e. The van der Waals surface area contributed by atoms with Crippen molar-refractivity contribution in [3.8, 4) is 0 Å². The summed E-state index contributed by atoms with van der Waals surface area (Å²) in [5, 5.41) is 10.3. The zero-order valence-corrected chi connectivity index (χ0v) is 10.5. The van der Waals surface area contributed by atoms with E-state index in [4.69, 9.17) is 9.47 Å². The van der Waals surface area contributed by atoms with Gasteiger partial charge in [-0.3, -0.25) is 0 Å². The third-order valence-corrected chi connectivity index (χ3v) is 3.40. The minimum absolute atomic E-state index is 0.204. The predicted molar refractivity (Wildman–Crippen MR) is 65.6 cm³/mol. The molecule has 2 unspecified atom stereocenters. The summed E-state index contributed by atoms with van der Waals surface area (Å²) in [7, 11) is 1.69. The highest BCUT2D eigenvalue weighted by molar-refractivity contribution is 5.34. The first-order chi connectivity index (χ1) is 8.22. The summed E-state index contributed by atoms with van der Waals surface area (Å²) < 4.78 is 10.4. The number of methoxy groups -OCH3 is 1. The number of aliphatic hydroxyl groups is 1. The normalized spacial score (nSPS) is 17.8. The van der Waals surface area contributed by atoms with Crippen LogP contribution in [0.15, 0.2) is 18.2 Å². The minimum atomic E-state index is -0.420. The lowest BCUT2D eigenvalue weighted by Crippen LogP contribution is -2.11. The molecular weight excluding hydrogens is 216 g/mol. The van der Waals surface area contributed by atoms with E-state index in [-0.39, 0.29) is 5.92 Å². The van der Waals surface area contributed by atoms with Crippen LogP contribution in [0.4, 0.5) is 0 Å². The van der Waals surface area contributed by atoms with E-state index in [1.165, 1.54) is 11.1 Å². The lowest BCUT2D eigenvalue weighted by Gasteiger charge is -2.19. The van der Waals surface area contributed by atoms with Crippen molar-refractivity contribution in [1.29, 1.82) is 0 Å². The number of aliphatic hydroxyl groups excluding tert-OH is 1. The Hall–Kier alpha value is -0.900. The van der Waals surface area contributed by atoms with Crippen LogP contribution in [0, 0.1) is 5.92 Å². The number of hydrogen-bond donors (Lipinski definition) is 1. The van der Waals surface area contributed by atoms with Gasteiger partial charge in [0.1, 0.15) is 0 Å². The minimum Gasteiger partial charge on any atom is -0.388 e. The average molecular weight is 236 g/mol. The Labute approximate surface area is 102 Å². The molecule has 0 radical (unpaired) electrons. The number of ether oxygens (including phenoxy) is 2. The maximum Gasteiger partial charge on any atom is 0.0816 e. The van der Waals surface area contributed by atoms with E-state index < -0.39 is 6.10 Å². The standard InChI is InChI=1S/C14H20O3/c1-10(5-6-16-2)14(15)11-3-4-12-8-17-9-13(12)7-11/h3-4,7,10,14-15H,5-6,8-9H2,1-2H3. The molecule has 0 bridgehead atoms. The Morgan fingerprint density at radius 3 is 2.88 bits per heavy atom.